The molecule has 0 radical (unpaired) electrons. The van der Waals surface area contributed by atoms with Crippen molar-refractivity contribution in [1.29, 1.82) is 0 Å². The lowest BCUT2D eigenvalue weighted by Crippen LogP contribution is -2.47. The molecule has 2 heterocycles. The number of ether oxygens (including phenoxy) is 1. The third-order valence-electron chi connectivity index (χ3n) is 4.99. The number of alkyl halides is 3. The van der Waals surface area contributed by atoms with E-state index < -0.39 is 11.9 Å². The van der Waals surface area contributed by atoms with Crippen LogP contribution in [0.3, 0.4) is 0 Å². The molecule has 2 aromatic rings. The van der Waals surface area contributed by atoms with E-state index >= 15 is 0 Å². The Morgan fingerprint density at radius 3 is 2.66 bits per heavy atom. The Balaban J connectivity index is 0.00000300. The predicted molar refractivity (Wildman–Crippen MR) is 105 cm³/mol. The molecule has 3 rings (SSSR count). The molecule has 1 amide bonds. The third kappa shape index (κ3) is 5.71. The number of nitrogens with one attached hydrogen (secondary N) is 2. The van der Waals surface area contributed by atoms with Crippen molar-refractivity contribution in [2.45, 2.75) is 19.0 Å². The van der Waals surface area contributed by atoms with E-state index in [1.807, 2.05) is 0 Å². The first-order chi connectivity index (χ1) is 13.3. The standard InChI is InChI=1S/C19H23F3N4O2.ClH/c1-28-13-18(6-8-23-9-7-18)12-24-17(27)14-3-2-4-15(11-14)26-10-5-16(25-26)19(20,21)22;/h2-5,10-11,23H,6-9,12-13H2,1H3,(H,24,27);1H. The van der Waals surface area contributed by atoms with Crippen molar-refractivity contribution in [3.63, 3.8) is 0 Å². The van der Waals surface area contributed by atoms with E-state index in [9.17, 15) is 18.0 Å². The third-order valence-corrected chi connectivity index (χ3v) is 4.99. The normalized spacial score (nSPS) is 16.1. The second-order valence-electron chi connectivity index (χ2n) is 7.06. The molecule has 1 fully saturated rings. The largest absolute Gasteiger partial charge is 0.435 e. The number of carbonyl (C=O) groups is 1. The highest BCUT2D eigenvalue weighted by Crippen LogP contribution is 2.29. The van der Waals surface area contributed by atoms with Crippen LogP contribution in [-0.4, -0.2) is 49.0 Å². The zero-order valence-electron chi connectivity index (χ0n) is 16.0. The van der Waals surface area contributed by atoms with Crippen LogP contribution in [0.1, 0.15) is 28.9 Å². The van der Waals surface area contributed by atoms with Crippen LogP contribution >= 0.6 is 12.4 Å². The molecule has 1 aromatic carbocycles. The van der Waals surface area contributed by atoms with Crippen LogP contribution in [0.4, 0.5) is 13.2 Å². The van der Waals surface area contributed by atoms with Crippen molar-refractivity contribution in [3.8, 4) is 5.69 Å². The molecule has 160 valence electrons. The number of nitrogens with zero attached hydrogens (tertiary/aromatic N) is 2. The number of methoxy groups -OCH3 is 1. The van der Waals surface area contributed by atoms with Gasteiger partial charge in [0.2, 0.25) is 0 Å². The summed E-state index contributed by atoms with van der Waals surface area (Å²) >= 11 is 0. The molecule has 29 heavy (non-hydrogen) atoms. The topological polar surface area (TPSA) is 68.2 Å². The fourth-order valence-corrected chi connectivity index (χ4v) is 3.41. The maximum Gasteiger partial charge on any atom is 0.435 e. The van der Waals surface area contributed by atoms with Gasteiger partial charge in [-0.05, 0) is 50.2 Å². The number of aromatic nitrogens is 2. The van der Waals surface area contributed by atoms with Crippen molar-refractivity contribution in [1.82, 2.24) is 20.4 Å². The van der Waals surface area contributed by atoms with Crippen molar-refractivity contribution in [2.24, 2.45) is 5.41 Å². The molecule has 1 aliphatic heterocycles. The molecular weight excluding hydrogens is 409 g/mol. The molecule has 6 nitrogen and oxygen atoms in total. The summed E-state index contributed by atoms with van der Waals surface area (Å²) in [4.78, 5) is 12.6. The minimum Gasteiger partial charge on any atom is -0.384 e. The van der Waals surface area contributed by atoms with Gasteiger partial charge in [0.15, 0.2) is 5.69 Å². The smallest absolute Gasteiger partial charge is 0.384 e. The van der Waals surface area contributed by atoms with Crippen LogP contribution in [-0.2, 0) is 10.9 Å². The van der Waals surface area contributed by atoms with Gasteiger partial charge in [0.1, 0.15) is 0 Å². The highest BCUT2D eigenvalue weighted by Gasteiger charge is 2.34. The van der Waals surface area contributed by atoms with Gasteiger partial charge in [-0.1, -0.05) is 6.07 Å². The van der Waals surface area contributed by atoms with Gasteiger partial charge >= 0.3 is 6.18 Å². The number of carbonyl (C=O) groups excluding carboxylic acids is 1. The zero-order chi connectivity index (χ0) is 20.2. The lowest BCUT2D eigenvalue weighted by Gasteiger charge is -2.37. The van der Waals surface area contributed by atoms with E-state index in [2.05, 4.69) is 15.7 Å². The van der Waals surface area contributed by atoms with Gasteiger partial charge in [-0.25, -0.2) is 4.68 Å². The average molecular weight is 433 g/mol. The molecule has 0 unspecified atom stereocenters. The van der Waals surface area contributed by atoms with E-state index in [1.54, 1.807) is 25.3 Å². The summed E-state index contributed by atoms with van der Waals surface area (Å²) in [6.45, 7) is 2.78. The van der Waals surface area contributed by atoms with Gasteiger partial charge in [-0.3, -0.25) is 4.79 Å². The molecule has 0 bridgehead atoms. The fourth-order valence-electron chi connectivity index (χ4n) is 3.41. The monoisotopic (exact) mass is 432 g/mol. The number of piperidine rings is 1. The Morgan fingerprint density at radius 2 is 2.03 bits per heavy atom. The van der Waals surface area contributed by atoms with Crippen molar-refractivity contribution in [3.05, 3.63) is 47.8 Å². The van der Waals surface area contributed by atoms with Crippen molar-refractivity contribution < 1.29 is 22.7 Å². The molecule has 1 aliphatic rings. The number of amides is 1. The van der Waals surface area contributed by atoms with Crippen LogP contribution in [0.2, 0.25) is 0 Å². The molecule has 0 atom stereocenters. The maximum atomic E-state index is 12.7. The van der Waals surface area contributed by atoms with Crippen molar-refractivity contribution >= 4 is 18.3 Å². The first-order valence-electron chi connectivity index (χ1n) is 9.04. The Kier molecular flexibility index (Phi) is 7.67. The second kappa shape index (κ2) is 9.60. The van der Waals surface area contributed by atoms with E-state index in [1.165, 1.54) is 12.3 Å². The lowest BCUT2D eigenvalue weighted by molar-refractivity contribution is -0.141. The van der Waals surface area contributed by atoms with Gasteiger partial charge in [0.25, 0.3) is 5.91 Å². The van der Waals surface area contributed by atoms with Crippen LogP contribution in [0.25, 0.3) is 5.69 Å². The molecule has 0 saturated carbocycles. The first-order valence-corrected chi connectivity index (χ1v) is 9.04. The highest BCUT2D eigenvalue weighted by atomic mass is 35.5. The molecule has 1 aromatic heterocycles. The molecule has 10 heteroatoms. The van der Waals surface area contributed by atoms with Gasteiger partial charge < -0.3 is 15.4 Å². The lowest BCUT2D eigenvalue weighted by atomic mass is 9.79. The zero-order valence-corrected chi connectivity index (χ0v) is 16.8. The summed E-state index contributed by atoms with van der Waals surface area (Å²) in [5.41, 5.74) is -0.342. The summed E-state index contributed by atoms with van der Waals surface area (Å²) in [5.74, 6) is -0.279. The number of benzene rings is 1. The molecule has 0 spiro atoms. The Morgan fingerprint density at radius 1 is 1.31 bits per heavy atom. The average Bonchev–Trinajstić information content (AvgIpc) is 3.18. The van der Waals surface area contributed by atoms with Gasteiger partial charge in [0, 0.05) is 30.8 Å². The van der Waals surface area contributed by atoms with Crippen LogP contribution in [0, 0.1) is 5.41 Å². The minimum atomic E-state index is -4.51. The number of hydrogen-bond donors (Lipinski definition) is 2. The van der Waals surface area contributed by atoms with Gasteiger partial charge in [0.05, 0.1) is 12.3 Å². The summed E-state index contributed by atoms with van der Waals surface area (Å²) in [5, 5.41) is 9.79. The van der Waals surface area contributed by atoms with E-state index in [-0.39, 0.29) is 23.7 Å². The van der Waals surface area contributed by atoms with E-state index in [0.29, 0.717) is 24.4 Å². The SMILES string of the molecule is COCC1(CNC(=O)c2cccc(-n3ccc(C(F)(F)F)n3)c2)CCNCC1.Cl. The summed E-state index contributed by atoms with van der Waals surface area (Å²) in [6, 6.07) is 7.27. The minimum absolute atomic E-state index is 0. The quantitative estimate of drug-likeness (QED) is 0.736. The Hall–Kier alpha value is -2.10. The van der Waals surface area contributed by atoms with E-state index in [0.717, 1.165) is 36.7 Å². The summed E-state index contributed by atoms with van der Waals surface area (Å²) < 4.78 is 44.7. The first kappa shape index (κ1) is 23.2. The van der Waals surface area contributed by atoms with E-state index in [4.69, 9.17) is 4.74 Å². The summed E-state index contributed by atoms with van der Waals surface area (Å²) in [7, 11) is 1.65. The summed E-state index contributed by atoms with van der Waals surface area (Å²) in [6.07, 6.45) is -1.49. The molecular formula is C19H24ClF3N4O2. The molecule has 1 saturated heterocycles. The molecule has 2 N–H and O–H groups in total. The maximum absolute atomic E-state index is 12.7. The van der Waals surface area contributed by atoms with Crippen LogP contribution < -0.4 is 10.6 Å². The van der Waals surface area contributed by atoms with Gasteiger partial charge in [-0.15, -0.1) is 12.4 Å². The number of halogens is 4. The number of hydrogen-bond acceptors (Lipinski definition) is 4. The highest BCUT2D eigenvalue weighted by molar-refractivity contribution is 5.94. The molecule has 0 aliphatic carbocycles. The van der Waals surface area contributed by atoms with Crippen LogP contribution in [0.15, 0.2) is 36.5 Å². The Bertz CT molecular complexity index is 814. The van der Waals surface area contributed by atoms with Gasteiger partial charge in [-0.2, -0.15) is 18.3 Å². The Labute approximate surface area is 173 Å². The predicted octanol–water partition coefficient (Wildman–Crippen LogP) is 3.06. The van der Waals surface area contributed by atoms with Crippen LogP contribution in [0.5, 0.6) is 0 Å². The second-order valence-corrected chi connectivity index (χ2v) is 7.06. The van der Waals surface area contributed by atoms with Crippen molar-refractivity contribution in [2.75, 3.05) is 33.4 Å². The fraction of sp³-hybridized carbons (Fsp3) is 0.474. The number of rotatable bonds is 6.